The molecule has 0 bridgehead atoms. The van der Waals surface area contributed by atoms with Gasteiger partial charge in [0.2, 0.25) is 15.5 Å². The minimum absolute atomic E-state index is 0.0700. The van der Waals surface area contributed by atoms with Gasteiger partial charge in [0.05, 0.1) is 10.4 Å². The number of rotatable bonds is 5. The number of aryl methyl sites for hydroxylation is 1. The molecule has 164 valence electrons. The van der Waals surface area contributed by atoms with E-state index in [1.807, 2.05) is 0 Å². The van der Waals surface area contributed by atoms with E-state index in [0.717, 1.165) is 6.42 Å². The summed E-state index contributed by atoms with van der Waals surface area (Å²) in [6.45, 7) is 9.72. The van der Waals surface area contributed by atoms with Gasteiger partial charge in [-0.2, -0.15) is 4.31 Å². The smallest absolute Gasteiger partial charge is 0.259 e. The lowest BCUT2D eigenvalue weighted by molar-refractivity contribution is 0.0621. The summed E-state index contributed by atoms with van der Waals surface area (Å²) in [7, 11) is -1.94. The Kier molecular flexibility index (Phi) is 6.38. The Morgan fingerprint density at radius 1 is 1.13 bits per heavy atom. The molecule has 1 aliphatic rings. The van der Waals surface area contributed by atoms with Gasteiger partial charge in [-0.15, -0.1) is 0 Å². The number of piperidine rings is 1. The number of carbonyl (C=O) groups excluding carboxylic acids is 1. The summed E-state index contributed by atoms with van der Waals surface area (Å²) >= 11 is 0. The molecule has 0 unspecified atom stereocenters. The molecule has 1 fully saturated rings. The fourth-order valence-electron chi connectivity index (χ4n) is 4.50. The van der Waals surface area contributed by atoms with E-state index in [0.29, 0.717) is 43.5 Å². The second-order valence-electron chi connectivity index (χ2n) is 8.41. The Morgan fingerprint density at radius 2 is 1.73 bits per heavy atom. The van der Waals surface area contributed by atoms with E-state index in [-0.39, 0.29) is 21.8 Å². The van der Waals surface area contributed by atoms with Crippen LogP contribution in [0, 0.1) is 11.8 Å². The maximum atomic E-state index is 13.2. The Labute approximate surface area is 178 Å². The van der Waals surface area contributed by atoms with E-state index >= 15 is 0 Å². The number of hydrogen-bond donors (Lipinski definition) is 0. The van der Waals surface area contributed by atoms with Crippen molar-refractivity contribution in [2.45, 2.75) is 39.0 Å². The fourth-order valence-corrected chi connectivity index (χ4v) is 5.98. The average molecular weight is 434 g/mol. The molecule has 1 amide bonds. The van der Waals surface area contributed by atoms with Crippen LogP contribution in [0.25, 0.3) is 10.9 Å². The van der Waals surface area contributed by atoms with Crippen LogP contribution in [0.5, 0.6) is 0 Å². The summed E-state index contributed by atoms with van der Waals surface area (Å²) in [6.07, 6.45) is 2.63. The summed E-state index contributed by atoms with van der Waals surface area (Å²) in [4.78, 5) is 28.2. The molecule has 1 aromatic carbocycles. The van der Waals surface area contributed by atoms with Crippen molar-refractivity contribution in [3.05, 3.63) is 40.2 Å². The lowest BCUT2D eigenvalue weighted by Gasteiger charge is -2.35. The van der Waals surface area contributed by atoms with Crippen molar-refractivity contribution in [1.29, 1.82) is 0 Å². The van der Waals surface area contributed by atoms with Crippen LogP contribution in [0.2, 0.25) is 0 Å². The number of likely N-dealkylation sites (tertiary alicyclic amines) is 1. The lowest BCUT2D eigenvalue weighted by Crippen LogP contribution is -2.44. The van der Waals surface area contributed by atoms with Crippen molar-refractivity contribution in [3.63, 3.8) is 0 Å². The molecule has 0 radical (unpaired) electrons. The van der Waals surface area contributed by atoms with Gasteiger partial charge in [-0.3, -0.25) is 9.59 Å². The van der Waals surface area contributed by atoms with E-state index < -0.39 is 15.5 Å². The molecule has 1 aliphatic heterocycles. The SMILES string of the molecule is CCN(CC)S(=O)(=O)c1ccc2c(c1)c(=O)c(C(=O)N1C[C@H](C)C[C@H](C)C1)cn2C. The molecule has 3 rings (SSSR count). The molecule has 1 saturated heterocycles. The van der Waals surface area contributed by atoms with Gasteiger partial charge in [-0.25, -0.2) is 8.42 Å². The zero-order valence-corrected chi connectivity index (χ0v) is 19.2. The van der Waals surface area contributed by atoms with Crippen LogP contribution in [0.15, 0.2) is 34.1 Å². The highest BCUT2D eigenvalue weighted by atomic mass is 32.2. The zero-order chi connectivity index (χ0) is 22.2. The van der Waals surface area contributed by atoms with Gasteiger partial charge in [0.15, 0.2) is 0 Å². The van der Waals surface area contributed by atoms with Crippen molar-refractivity contribution in [3.8, 4) is 0 Å². The maximum Gasteiger partial charge on any atom is 0.259 e. The Hall–Kier alpha value is -2.19. The Balaban J connectivity index is 2.11. The molecule has 0 N–H and O–H groups in total. The first kappa shape index (κ1) is 22.5. The van der Waals surface area contributed by atoms with Crippen molar-refractivity contribution >= 4 is 26.8 Å². The van der Waals surface area contributed by atoms with Crippen molar-refractivity contribution in [1.82, 2.24) is 13.8 Å². The molecule has 2 heterocycles. The number of fused-ring (bicyclic) bond motifs is 1. The van der Waals surface area contributed by atoms with Crippen LogP contribution >= 0.6 is 0 Å². The van der Waals surface area contributed by atoms with Crippen LogP contribution in [-0.4, -0.2) is 54.3 Å². The lowest BCUT2D eigenvalue weighted by atomic mass is 9.91. The van der Waals surface area contributed by atoms with E-state index in [1.54, 1.807) is 42.6 Å². The number of benzene rings is 1. The first-order valence-electron chi connectivity index (χ1n) is 10.5. The standard InChI is InChI=1S/C22H31N3O4S/c1-6-25(7-2)30(28,29)17-8-9-20-18(11-17)21(26)19(14-23(20)5)22(27)24-12-15(3)10-16(4)13-24/h8-9,11,14-16H,6-7,10,12-13H2,1-5H3/t15-,16+. The molecule has 0 aliphatic carbocycles. The molecule has 0 saturated carbocycles. The molecule has 1 aromatic heterocycles. The van der Waals surface area contributed by atoms with Crippen LogP contribution in [0.3, 0.4) is 0 Å². The van der Waals surface area contributed by atoms with Gasteiger partial charge in [0.25, 0.3) is 5.91 Å². The highest BCUT2D eigenvalue weighted by Crippen LogP contribution is 2.24. The van der Waals surface area contributed by atoms with Crippen molar-refractivity contribution < 1.29 is 13.2 Å². The fraction of sp³-hybridized carbons (Fsp3) is 0.545. The highest BCUT2D eigenvalue weighted by molar-refractivity contribution is 7.89. The molecular weight excluding hydrogens is 402 g/mol. The highest BCUT2D eigenvalue weighted by Gasteiger charge is 2.29. The topological polar surface area (TPSA) is 79.7 Å². The number of pyridine rings is 1. The van der Waals surface area contributed by atoms with Crippen LogP contribution in [0.4, 0.5) is 0 Å². The van der Waals surface area contributed by atoms with Crippen molar-refractivity contribution in [2.75, 3.05) is 26.2 Å². The minimum Gasteiger partial charge on any atom is -0.350 e. The van der Waals surface area contributed by atoms with E-state index in [9.17, 15) is 18.0 Å². The monoisotopic (exact) mass is 433 g/mol. The van der Waals surface area contributed by atoms with Gasteiger partial charge >= 0.3 is 0 Å². The molecule has 2 atom stereocenters. The van der Waals surface area contributed by atoms with E-state index in [2.05, 4.69) is 13.8 Å². The second kappa shape index (κ2) is 8.51. The molecule has 30 heavy (non-hydrogen) atoms. The molecule has 2 aromatic rings. The number of sulfonamides is 1. The molecule has 7 nitrogen and oxygen atoms in total. The maximum absolute atomic E-state index is 13.2. The first-order chi connectivity index (χ1) is 14.1. The number of nitrogens with zero attached hydrogens (tertiary/aromatic N) is 3. The van der Waals surface area contributed by atoms with Crippen LogP contribution < -0.4 is 5.43 Å². The normalized spacial score (nSPS) is 20.1. The third-order valence-corrected chi connectivity index (χ3v) is 7.94. The Morgan fingerprint density at radius 3 is 2.30 bits per heavy atom. The summed E-state index contributed by atoms with van der Waals surface area (Å²) in [6, 6.07) is 4.56. The molecule has 8 heteroatoms. The number of amides is 1. The summed E-state index contributed by atoms with van der Waals surface area (Å²) in [5.74, 6) is 0.480. The largest absolute Gasteiger partial charge is 0.350 e. The number of carbonyl (C=O) groups is 1. The van der Waals surface area contributed by atoms with E-state index in [1.165, 1.54) is 16.4 Å². The van der Waals surface area contributed by atoms with Crippen LogP contribution in [0.1, 0.15) is 44.5 Å². The predicted molar refractivity (Wildman–Crippen MR) is 118 cm³/mol. The van der Waals surface area contributed by atoms with Gasteiger partial charge in [0, 0.05) is 44.8 Å². The van der Waals surface area contributed by atoms with Crippen LogP contribution in [-0.2, 0) is 17.1 Å². The minimum atomic E-state index is -3.70. The summed E-state index contributed by atoms with van der Waals surface area (Å²) < 4.78 is 28.9. The summed E-state index contributed by atoms with van der Waals surface area (Å²) in [5.41, 5.74) is 0.259. The third kappa shape index (κ3) is 4.03. The Bertz CT molecular complexity index is 1110. The summed E-state index contributed by atoms with van der Waals surface area (Å²) in [5, 5.41) is 0.245. The van der Waals surface area contributed by atoms with Gasteiger partial charge in [-0.1, -0.05) is 27.7 Å². The third-order valence-electron chi connectivity index (χ3n) is 5.89. The number of aromatic nitrogens is 1. The molecule has 0 spiro atoms. The average Bonchev–Trinajstić information content (AvgIpc) is 2.69. The quantitative estimate of drug-likeness (QED) is 0.726. The van der Waals surface area contributed by atoms with Gasteiger partial charge in [-0.05, 0) is 36.5 Å². The number of hydrogen-bond acceptors (Lipinski definition) is 4. The van der Waals surface area contributed by atoms with Gasteiger partial charge in [0.1, 0.15) is 5.56 Å². The first-order valence-corrected chi connectivity index (χ1v) is 12.0. The molecular formula is C22H31N3O4S. The van der Waals surface area contributed by atoms with Gasteiger partial charge < -0.3 is 9.47 Å². The zero-order valence-electron chi connectivity index (χ0n) is 18.4. The second-order valence-corrected chi connectivity index (χ2v) is 10.3. The van der Waals surface area contributed by atoms with Crippen molar-refractivity contribution in [2.24, 2.45) is 18.9 Å². The predicted octanol–water partition coefficient (Wildman–Crippen LogP) is 2.69. The van der Waals surface area contributed by atoms with E-state index in [4.69, 9.17) is 0 Å².